The zero-order valence-electron chi connectivity index (χ0n) is 11.0. The molecule has 0 radical (unpaired) electrons. The van der Waals surface area contributed by atoms with Gasteiger partial charge in [0.1, 0.15) is 22.4 Å². The highest BCUT2D eigenvalue weighted by Crippen LogP contribution is 2.37. The zero-order valence-corrected chi connectivity index (χ0v) is 12.6. The smallest absolute Gasteiger partial charge is 0.287 e. The molecule has 1 aromatic carbocycles. The van der Waals surface area contributed by atoms with Crippen molar-refractivity contribution >= 4 is 21.6 Å². The monoisotopic (exact) mass is 345 g/mol. The lowest BCUT2D eigenvalue weighted by Crippen LogP contribution is -2.55. The molecular weight excluding hydrogens is 330 g/mol. The van der Waals surface area contributed by atoms with Gasteiger partial charge in [-0.2, -0.15) is 0 Å². The summed E-state index contributed by atoms with van der Waals surface area (Å²) in [5.74, 6) is 0.390. The third kappa shape index (κ3) is 3.11. The van der Waals surface area contributed by atoms with Crippen LogP contribution in [-0.4, -0.2) is 34.9 Å². The lowest BCUT2D eigenvalue weighted by atomic mass is 9.88. The van der Waals surface area contributed by atoms with Crippen molar-refractivity contribution in [3.63, 3.8) is 0 Å². The van der Waals surface area contributed by atoms with Crippen LogP contribution in [0.15, 0.2) is 22.7 Å². The fourth-order valence-electron chi connectivity index (χ4n) is 2.04. The average Bonchev–Trinajstić information content (AvgIpc) is 2.40. The SMILES string of the molecule is CCCOC1C(O)CC1Oc1cccc([N+](=O)[O-])c1Br. The van der Waals surface area contributed by atoms with Crippen molar-refractivity contribution in [3.05, 3.63) is 32.8 Å². The van der Waals surface area contributed by atoms with Gasteiger partial charge in [0, 0.05) is 19.1 Å². The van der Waals surface area contributed by atoms with E-state index in [1.165, 1.54) is 6.07 Å². The van der Waals surface area contributed by atoms with E-state index in [0.29, 0.717) is 23.2 Å². The van der Waals surface area contributed by atoms with Crippen molar-refractivity contribution in [1.82, 2.24) is 0 Å². The normalized spacial score (nSPS) is 25.1. The molecule has 1 aliphatic carbocycles. The van der Waals surface area contributed by atoms with Crippen LogP contribution in [0, 0.1) is 10.1 Å². The Kier molecular flexibility index (Phi) is 4.95. The molecule has 1 fully saturated rings. The predicted molar refractivity (Wildman–Crippen MR) is 75.9 cm³/mol. The minimum absolute atomic E-state index is 0.0478. The van der Waals surface area contributed by atoms with Gasteiger partial charge in [-0.25, -0.2) is 0 Å². The summed E-state index contributed by atoms with van der Waals surface area (Å²) in [5, 5.41) is 20.5. The molecule has 110 valence electrons. The lowest BCUT2D eigenvalue weighted by Gasteiger charge is -2.40. The Balaban J connectivity index is 2.07. The number of benzene rings is 1. The Bertz CT molecular complexity index is 496. The number of nitro groups is 1. The van der Waals surface area contributed by atoms with Crippen LogP contribution >= 0.6 is 15.9 Å². The molecule has 0 bridgehead atoms. The summed E-state index contributed by atoms with van der Waals surface area (Å²) in [5.41, 5.74) is -0.0478. The Morgan fingerprint density at radius 2 is 2.30 bits per heavy atom. The third-order valence-corrected chi connectivity index (χ3v) is 3.95. The quantitative estimate of drug-likeness (QED) is 0.633. The molecule has 1 aromatic rings. The highest BCUT2D eigenvalue weighted by atomic mass is 79.9. The minimum Gasteiger partial charge on any atom is -0.486 e. The van der Waals surface area contributed by atoms with Crippen molar-refractivity contribution in [2.45, 2.75) is 38.1 Å². The van der Waals surface area contributed by atoms with E-state index in [4.69, 9.17) is 9.47 Å². The first-order valence-electron chi connectivity index (χ1n) is 6.43. The van der Waals surface area contributed by atoms with E-state index < -0.39 is 11.0 Å². The summed E-state index contributed by atoms with van der Waals surface area (Å²) in [4.78, 5) is 10.4. The van der Waals surface area contributed by atoms with Gasteiger partial charge in [-0.1, -0.05) is 13.0 Å². The summed E-state index contributed by atoms with van der Waals surface area (Å²) in [6.45, 7) is 2.54. The molecule has 1 saturated carbocycles. The molecule has 0 aliphatic heterocycles. The first-order chi connectivity index (χ1) is 9.54. The van der Waals surface area contributed by atoms with Gasteiger partial charge >= 0.3 is 0 Å². The number of halogens is 1. The van der Waals surface area contributed by atoms with E-state index in [-0.39, 0.29) is 17.9 Å². The summed E-state index contributed by atoms with van der Waals surface area (Å²) in [7, 11) is 0. The third-order valence-electron chi connectivity index (χ3n) is 3.15. The van der Waals surface area contributed by atoms with E-state index >= 15 is 0 Å². The predicted octanol–water partition coefficient (Wildman–Crippen LogP) is 2.66. The van der Waals surface area contributed by atoms with Gasteiger partial charge in [-0.15, -0.1) is 0 Å². The highest BCUT2D eigenvalue weighted by molar-refractivity contribution is 9.10. The molecule has 0 saturated heterocycles. The van der Waals surface area contributed by atoms with Gasteiger partial charge in [0.2, 0.25) is 0 Å². The lowest BCUT2D eigenvalue weighted by molar-refractivity contribution is -0.385. The van der Waals surface area contributed by atoms with Crippen molar-refractivity contribution in [2.75, 3.05) is 6.61 Å². The van der Waals surface area contributed by atoms with E-state index in [0.717, 1.165) is 6.42 Å². The van der Waals surface area contributed by atoms with E-state index in [1.807, 2.05) is 6.92 Å². The molecule has 0 aromatic heterocycles. The zero-order chi connectivity index (χ0) is 14.7. The van der Waals surface area contributed by atoms with Gasteiger partial charge < -0.3 is 14.6 Å². The maximum atomic E-state index is 10.9. The molecule has 0 heterocycles. The first-order valence-corrected chi connectivity index (χ1v) is 7.23. The number of nitrogens with zero attached hydrogens (tertiary/aromatic N) is 1. The second-order valence-corrected chi connectivity index (χ2v) is 5.43. The van der Waals surface area contributed by atoms with Crippen LogP contribution in [0.25, 0.3) is 0 Å². The number of aliphatic hydroxyl groups excluding tert-OH is 1. The van der Waals surface area contributed by atoms with Crippen molar-refractivity contribution in [3.8, 4) is 5.75 Å². The van der Waals surface area contributed by atoms with E-state index in [1.54, 1.807) is 12.1 Å². The standard InChI is InChI=1S/C13H16BrNO5/c1-2-6-19-13-9(16)7-11(13)20-10-5-3-4-8(12(10)14)15(17)18/h3-5,9,11,13,16H,2,6-7H2,1H3. The topological polar surface area (TPSA) is 81.8 Å². The molecule has 1 aliphatic rings. The summed E-state index contributed by atoms with van der Waals surface area (Å²) >= 11 is 3.18. The number of aliphatic hydroxyl groups is 1. The van der Waals surface area contributed by atoms with Crippen LogP contribution in [-0.2, 0) is 4.74 Å². The Morgan fingerprint density at radius 3 is 2.90 bits per heavy atom. The summed E-state index contributed by atoms with van der Waals surface area (Å²) in [6, 6.07) is 4.62. The fraction of sp³-hybridized carbons (Fsp3) is 0.538. The van der Waals surface area contributed by atoms with Crippen LogP contribution < -0.4 is 4.74 Å². The molecule has 3 atom stereocenters. The van der Waals surface area contributed by atoms with Crippen molar-refractivity contribution < 1.29 is 19.5 Å². The van der Waals surface area contributed by atoms with Gasteiger partial charge in [-0.3, -0.25) is 10.1 Å². The van der Waals surface area contributed by atoms with Crippen LogP contribution in [0.1, 0.15) is 19.8 Å². The second kappa shape index (κ2) is 6.51. The van der Waals surface area contributed by atoms with E-state index in [2.05, 4.69) is 15.9 Å². The largest absolute Gasteiger partial charge is 0.486 e. The van der Waals surface area contributed by atoms with Crippen LogP contribution in [0.3, 0.4) is 0 Å². The van der Waals surface area contributed by atoms with Crippen molar-refractivity contribution in [1.29, 1.82) is 0 Å². The number of hydrogen-bond acceptors (Lipinski definition) is 5. The Labute approximate surface area is 125 Å². The van der Waals surface area contributed by atoms with Gasteiger partial charge in [0.25, 0.3) is 5.69 Å². The number of hydrogen-bond donors (Lipinski definition) is 1. The van der Waals surface area contributed by atoms with Crippen LogP contribution in [0.2, 0.25) is 0 Å². The van der Waals surface area contributed by atoms with Crippen molar-refractivity contribution in [2.24, 2.45) is 0 Å². The van der Waals surface area contributed by atoms with Gasteiger partial charge in [-0.05, 0) is 28.4 Å². The molecular formula is C13H16BrNO5. The highest BCUT2D eigenvalue weighted by Gasteiger charge is 2.43. The first kappa shape index (κ1) is 15.2. The van der Waals surface area contributed by atoms with Gasteiger partial charge in [0.05, 0.1) is 11.0 Å². The molecule has 2 rings (SSSR count). The van der Waals surface area contributed by atoms with Crippen LogP contribution in [0.5, 0.6) is 5.75 Å². The molecule has 3 unspecified atom stereocenters. The minimum atomic E-state index is -0.538. The Morgan fingerprint density at radius 1 is 1.55 bits per heavy atom. The average molecular weight is 346 g/mol. The molecule has 20 heavy (non-hydrogen) atoms. The second-order valence-electron chi connectivity index (χ2n) is 4.64. The molecule has 1 N–H and O–H groups in total. The maximum absolute atomic E-state index is 10.9. The molecule has 0 amide bonds. The number of ether oxygens (including phenoxy) is 2. The maximum Gasteiger partial charge on any atom is 0.287 e. The summed E-state index contributed by atoms with van der Waals surface area (Å²) in [6.07, 6.45) is 0.125. The van der Waals surface area contributed by atoms with Crippen LogP contribution in [0.4, 0.5) is 5.69 Å². The van der Waals surface area contributed by atoms with E-state index in [9.17, 15) is 15.2 Å². The number of nitro benzene ring substituents is 1. The fourth-order valence-corrected chi connectivity index (χ4v) is 2.54. The molecule has 7 heteroatoms. The molecule has 6 nitrogen and oxygen atoms in total. The summed E-state index contributed by atoms with van der Waals surface area (Å²) < 4.78 is 11.5. The van der Waals surface area contributed by atoms with Gasteiger partial charge in [0.15, 0.2) is 0 Å². The number of rotatable bonds is 6. The Hall–Kier alpha value is -1.18. The molecule has 0 spiro atoms.